The van der Waals surface area contributed by atoms with E-state index >= 15 is 0 Å². The molecule has 1 fully saturated rings. The smallest absolute Gasteiger partial charge is 0.344 e. The van der Waals surface area contributed by atoms with Crippen molar-refractivity contribution in [3.63, 3.8) is 0 Å². The van der Waals surface area contributed by atoms with Crippen LogP contribution in [0.5, 0.6) is 0 Å². The van der Waals surface area contributed by atoms with Crippen molar-refractivity contribution in [3.8, 4) is 0 Å². The van der Waals surface area contributed by atoms with Crippen LogP contribution in [0.1, 0.15) is 36.8 Å². The second kappa shape index (κ2) is 15.7. The van der Waals surface area contributed by atoms with Gasteiger partial charge in [-0.1, -0.05) is 36.4 Å². The summed E-state index contributed by atoms with van der Waals surface area (Å²) in [5, 5.41) is 20.8. The number of esters is 2. The van der Waals surface area contributed by atoms with Gasteiger partial charge in [-0.15, -0.1) is 0 Å². The van der Waals surface area contributed by atoms with Crippen molar-refractivity contribution < 1.29 is 38.8 Å². The normalized spacial score (nSPS) is 20.8. The highest BCUT2D eigenvalue weighted by Crippen LogP contribution is 2.34. The molecule has 0 radical (unpaired) electrons. The maximum atomic E-state index is 12.4. The van der Waals surface area contributed by atoms with Gasteiger partial charge in [0.1, 0.15) is 5.78 Å². The van der Waals surface area contributed by atoms with Gasteiger partial charge in [-0.05, 0) is 35.5 Å². The zero-order chi connectivity index (χ0) is 25.6. The topological polar surface area (TPSA) is 119 Å². The number of carbonyl (C=O) groups excluding carboxylic acids is 3. The molecule has 2 rings (SSSR count). The van der Waals surface area contributed by atoms with Crippen LogP contribution in [0.3, 0.4) is 0 Å². The Morgan fingerprint density at radius 3 is 2.71 bits per heavy atom. The van der Waals surface area contributed by atoms with E-state index in [0.29, 0.717) is 25.9 Å². The lowest BCUT2D eigenvalue weighted by molar-refractivity contribution is -0.156. The maximum absolute atomic E-state index is 12.4. The molecule has 0 bridgehead atoms. The third-order valence-corrected chi connectivity index (χ3v) is 6.96. The molecule has 1 saturated carbocycles. The first kappa shape index (κ1) is 29.0. The number of aliphatic hydroxyl groups is 2. The SMILES string of the molecule is COCc1cccc(CC(O)C=CC2C(O)CC(=O)C2CCSCCCC(=O)OCC(=O)OC)c1. The van der Waals surface area contributed by atoms with Crippen molar-refractivity contribution in [2.24, 2.45) is 11.8 Å². The predicted octanol–water partition coefficient (Wildman–Crippen LogP) is 2.48. The molecule has 2 N–H and O–H groups in total. The Morgan fingerprint density at radius 1 is 1.20 bits per heavy atom. The van der Waals surface area contributed by atoms with Gasteiger partial charge in [0.25, 0.3) is 0 Å². The fourth-order valence-electron chi connectivity index (χ4n) is 4.07. The molecule has 9 heteroatoms. The molecule has 0 aromatic heterocycles. The van der Waals surface area contributed by atoms with Crippen LogP contribution in [-0.2, 0) is 41.6 Å². The second-order valence-electron chi connectivity index (χ2n) is 8.57. The van der Waals surface area contributed by atoms with Gasteiger partial charge in [0.15, 0.2) is 6.61 Å². The van der Waals surface area contributed by atoms with E-state index < -0.39 is 24.1 Å². The van der Waals surface area contributed by atoms with Gasteiger partial charge in [0, 0.05) is 38.2 Å². The highest BCUT2D eigenvalue weighted by atomic mass is 32.2. The molecule has 0 saturated heterocycles. The number of carbonyl (C=O) groups is 3. The van der Waals surface area contributed by atoms with Gasteiger partial charge >= 0.3 is 11.9 Å². The molecule has 35 heavy (non-hydrogen) atoms. The van der Waals surface area contributed by atoms with E-state index in [1.165, 1.54) is 7.11 Å². The van der Waals surface area contributed by atoms with E-state index in [2.05, 4.69) is 4.74 Å². The predicted molar refractivity (Wildman–Crippen MR) is 133 cm³/mol. The summed E-state index contributed by atoms with van der Waals surface area (Å²) in [6.07, 6.45) is 4.01. The number of ketones is 1. The van der Waals surface area contributed by atoms with Crippen LogP contribution in [0.2, 0.25) is 0 Å². The van der Waals surface area contributed by atoms with Crippen molar-refractivity contribution in [1.82, 2.24) is 0 Å². The fourth-order valence-corrected chi connectivity index (χ4v) is 5.05. The number of benzene rings is 1. The molecule has 1 aromatic carbocycles. The number of rotatable bonds is 15. The van der Waals surface area contributed by atoms with Crippen LogP contribution in [0.25, 0.3) is 0 Å². The van der Waals surface area contributed by atoms with Crippen LogP contribution in [0, 0.1) is 11.8 Å². The Hall–Kier alpha value is -2.20. The van der Waals surface area contributed by atoms with E-state index in [-0.39, 0.29) is 37.1 Å². The monoisotopic (exact) mass is 508 g/mol. The number of Topliss-reactive ketones (excluding diaryl/α,β-unsaturated/α-hetero) is 1. The van der Waals surface area contributed by atoms with E-state index in [4.69, 9.17) is 9.47 Å². The lowest BCUT2D eigenvalue weighted by Gasteiger charge is -2.18. The van der Waals surface area contributed by atoms with Gasteiger partial charge < -0.3 is 24.4 Å². The van der Waals surface area contributed by atoms with Crippen molar-refractivity contribution >= 4 is 29.5 Å². The number of thioether (sulfide) groups is 1. The van der Waals surface area contributed by atoms with Crippen molar-refractivity contribution in [3.05, 3.63) is 47.5 Å². The van der Waals surface area contributed by atoms with Crippen LogP contribution >= 0.6 is 11.8 Å². The third kappa shape index (κ3) is 10.5. The Morgan fingerprint density at radius 2 is 1.97 bits per heavy atom. The number of ether oxygens (including phenoxy) is 3. The van der Waals surface area contributed by atoms with E-state index in [1.807, 2.05) is 24.3 Å². The summed E-state index contributed by atoms with van der Waals surface area (Å²) in [4.78, 5) is 34.9. The summed E-state index contributed by atoms with van der Waals surface area (Å²) in [6, 6.07) is 7.84. The molecular formula is C26H36O8S. The Bertz CT molecular complexity index is 856. The quantitative estimate of drug-likeness (QED) is 0.209. The zero-order valence-electron chi connectivity index (χ0n) is 20.4. The summed E-state index contributed by atoms with van der Waals surface area (Å²) < 4.78 is 14.4. The molecule has 0 heterocycles. The van der Waals surface area contributed by atoms with E-state index in [9.17, 15) is 24.6 Å². The first-order valence-electron chi connectivity index (χ1n) is 11.8. The molecule has 8 nitrogen and oxygen atoms in total. The van der Waals surface area contributed by atoms with Gasteiger partial charge in [-0.3, -0.25) is 9.59 Å². The standard InChI is InChI=1S/C26H36O8S/c1-32-16-19-6-3-5-18(13-19)14-20(27)8-9-21-22(24(29)15-23(21)28)10-12-35-11-4-7-25(30)34-17-26(31)33-2/h3,5-6,8-9,13,20-23,27-28H,4,7,10-12,14-17H2,1-2H3. The van der Waals surface area contributed by atoms with Crippen molar-refractivity contribution in [2.45, 2.75) is 50.9 Å². The maximum Gasteiger partial charge on any atom is 0.344 e. The lowest BCUT2D eigenvalue weighted by atomic mass is 9.91. The first-order chi connectivity index (χ1) is 16.8. The van der Waals surface area contributed by atoms with Crippen molar-refractivity contribution in [2.75, 3.05) is 32.3 Å². The average Bonchev–Trinajstić information content (AvgIpc) is 3.10. The summed E-state index contributed by atoms with van der Waals surface area (Å²) in [5.74, 6) is -0.150. The largest absolute Gasteiger partial charge is 0.466 e. The molecule has 0 aliphatic heterocycles. The fraction of sp³-hybridized carbons (Fsp3) is 0.577. The number of hydrogen-bond acceptors (Lipinski definition) is 9. The number of hydrogen-bond donors (Lipinski definition) is 2. The molecule has 4 unspecified atom stereocenters. The molecule has 1 aliphatic rings. The highest BCUT2D eigenvalue weighted by Gasteiger charge is 2.39. The molecule has 4 atom stereocenters. The molecule has 1 aromatic rings. The van der Waals surface area contributed by atoms with Crippen LogP contribution in [0.4, 0.5) is 0 Å². The van der Waals surface area contributed by atoms with Gasteiger partial charge in [-0.25, -0.2) is 4.79 Å². The van der Waals surface area contributed by atoms with Crippen LogP contribution in [0.15, 0.2) is 36.4 Å². The summed E-state index contributed by atoms with van der Waals surface area (Å²) in [6.45, 7) is 0.133. The third-order valence-electron chi connectivity index (χ3n) is 5.86. The molecular weight excluding hydrogens is 472 g/mol. The molecule has 0 amide bonds. The van der Waals surface area contributed by atoms with Crippen molar-refractivity contribution in [1.29, 1.82) is 0 Å². The minimum Gasteiger partial charge on any atom is -0.466 e. The van der Waals surface area contributed by atoms with Gasteiger partial charge in [0.05, 0.1) is 25.9 Å². The van der Waals surface area contributed by atoms with Gasteiger partial charge in [-0.2, -0.15) is 11.8 Å². The molecule has 194 valence electrons. The molecule has 1 aliphatic carbocycles. The number of aliphatic hydroxyl groups excluding tert-OH is 2. The van der Waals surface area contributed by atoms with Gasteiger partial charge in [0.2, 0.25) is 0 Å². The minimum atomic E-state index is -0.740. The molecule has 0 spiro atoms. The highest BCUT2D eigenvalue weighted by molar-refractivity contribution is 7.99. The summed E-state index contributed by atoms with van der Waals surface area (Å²) in [7, 11) is 2.87. The van der Waals surface area contributed by atoms with Crippen LogP contribution in [-0.4, -0.2) is 72.5 Å². The van der Waals surface area contributed by atoms with E-state index in [1.54, 1.807) is 31.0 Å². The second-order valence-corrected chi connectivity index (χ2v) is 9.80. The van der Waals surface area contributed by atoms with Crippen LogP contribution < -0.4 is 0 Å². The first-order valence-corrected chi connectivity index (χ1v) is 12.9. The summed E-state index contributed by atoms with van der Waals surface area (Å²) >= 11 is 1.63. The Labute approximate surface area is 211 Å². The minimum absolute atomic E-state index is 0.0425. The zero-order valence-corrected chi connectivity index (χ0v) is 21.2. The average molecular weight is 509 g/mol. The Kier molecular flexibility index (Phi) is 13.0. The summed E-state index contributed by atoms with van der Waals surface area (Å²) in [5.41, 5.74) is 2.02. The number of methoxy groups -OCH3 is 2. The van der Waals surface area contributed by atoms with E-state index in [0.717, 1.165) is 22.6 Å². The Balaban J connectivity index is 1.74. The lowest BCUT2D eigenvalue weighted by Crippen LogP contribution is -2.20.